The number of β-amino-alcohol motifs (C(OH)–C–C–N with tert-alkyl or cyclic N) is 1. The van der Waals surface area contributed by atoms with Crippen molar-refractivity contribution < 1.29 is 23.1 Å². The molecule has 4 nitrogen and oxygen atoms in total. The van der Waals surface area contributed by atoms with Crippen LogP contribution in [-0.2, 0) is 0 Å². The van der Waals surface area contributed by atoms with E-state index in [1.54, 1.807) is 13.0 Å². The Morgan fingerprint density at radius 2 is 2.14 bits per heavy atom. The predicted octanol–water partition coefficient (Wildman–Crippen LogP) is 2.81. The van der Waals surface area contributed by atoms with Crippen molar-refractivity contribution in [3.05, 3.63) is 59.1 Å². The average molecular weight is 307 g/mol. The molecule has 22 heavy (non-hydrogen) atoms. The van der Waals surface area contributed by atoms with E-state index in [1.165, 1.54) is 11.2 Å². The first-order valence-electron chi connectivity index (χ1n) is 6.95. The molecule has 1 amide bonds. The maximum atomic E-state index is 14.0. The van der Waals surface area contributed by atoms with Crippen molar-refractivity contribution in [2.45, 2.75) is 25.5 Å². The molecule has 1 N–H and O–H groups in total. The largest absolute Gasteiger partial charge is 0.459 e. The number of nitrogens with zero attached hydrogens (tertiary/aromatic N) is 1. The van der Waals surface area contributed by atoms with Crippen LogP contribution in [0.2, 0.25) is 0 Å². The standard InChI is InChI=1S/C16H15F2NO3/c1-9-4-5-22-15(9)16(21)19-8-11(20)7-14(19)12-6-10(17)2-3-13(12)18/h2-6,11,14,20H,7-8H2,1H3/t11-,14-/m0/s1. The summed E-state index contributed by atoms with van der Waals surface area (Å²) in [6.07, 6.45) is 0.769. The van der Waals surface area contributed by atoms with Crippen LogP contribution in [0.5, 0.6) is 0 Å². The Bertz CT molecular complexity index is 713. The zero-order valence-electron chi connectivity index (χ0n) is 11.9. The van der Waals surface area contributed by atoms with Crippen LogP contribution in [-0.4, -0.2) is 28.6 Å². The van der Waals surface area contributed by atoms with E-state index >= 15 is 0 Å². The SMILES string of the molecule is Cc1ccoc1C(=O)N1C[C@@H](O)C[C@H]1c1cc(F)ccc1F. The summed E-state index contributed by atoms with van der Waals surface area (Å²) in [5.74, 6) is -1.47. The second kappa shape index (κ2) is 5.53. The van der Waals surface area contributed by atoms with Gasteiger partial charge < -0.3 is 14.4 Å². The number of carbonyl (C=O) groups is 1. The summed E-state index contributed by atoms with van der Waals surface area (Å²) in [4.78, 5) is 13.9. The van der Waals surface area contributed by atoms with Gasteiger partial charge in [-0.2, -0.15) is 0 Å². The summed E-state index contributed by atoms with van der Waals surface area (Å²) in [5, 5.41) is 9.87. The van der Waals surface area contributed by atoms with E-state index in [0.29, 0.717) is 5.56 Å². The van der Waals surface area contributed by atoms with Crippen molar-refractivity contribution in [1.82, 2.24) is 4.90 Å². The van der Waals surface area contributed by atoms with Crippen LogP contribution in [0.25, 0.3) is 0 Å². The fraction of sp³-hybridized carbons (Fsp3) is 0.312. The number of likely N-dealkylation sites (tertiary alicyclic amines) is 1. The number of furan rings is 1. The van der Waals surface area contributed by atoms with Gasteiger partial charge >= 0.3 is 0 Å². The zero-order valence-corrected chi connectivity index (χ0v) is 11.9. The minimum absolute atomic E-state index is 0.0552. The molecule has 0 unspecified atom stereocenters. The number of aliphatic hydroxyl groups is 1. The van der Waals surface area contributed by atoms with Gasteiger partial charge in [-0.3, -0.25) is 4.79 Å². The van der Waals surface area contributed by atoms with E-state index in [4.69, 9.17) is 4.42 Å². The van der Waals surface area contributed by atoms with Gasteiger partial charge in [0.1, 0.15) is 11.6 Å². The molecule has 0 bridgehead atoms. The molecule has 1 aromatic carbocycles. The Morgan fingerprint density at radius 1 is 1.36 bits per heavy atom. The molecule has 1 fully saturated rings. The van der Waals surface area contributed by atoms with Gasteiger partial charge in [0.05, 0.1) is 18.4 Å². The van der Waals surface area contributed by atoms with Gasteiger partial charge in [-0.15, -0.1) is 0 Å². The number of rotatable bonds is 2. The summed E-state index contributed by atoms with van der Waals surface area (Å²) < 4.78 is 32.6. The fourth-order valence-electron chi connectivity index (χ4n) is 2.83. The minimum Gasteiger partial charge on any atom is -0.459 e. The third-order valence-electron chi connectivity index (χ3n) is 3.91. The van der Waals surface area contributed by atoms with Crippen molar-refractivity contribution in [3.8, 4) is 0 Å². The van der Waals surface area contributed by atoms with Gasteiger partial charge in [-0.25, -0.2) is 8.78 Å². The topological polar surface area (TPSA) is 53.7 Å². The van der Waals surface area contributed by atoms with Crippen molar-refractivity contribution in [2.75, 3.05) is 6.54 Å². The lowest BCUT2D eigenvalue weighted by molar-refractivity contribution is 0.0680. The van der Waals surface area contributed by atoms with Crippen LogP contribution in [0.1, 0.15) is 34.1 Å². The first-order chi connectivity index (χ1) is 10.5. The predicted molar refractivity (Wildman–Crippen MR) is 74.2 cm³/mol. The van der Waals surface area contributed by atoms with E-state index in [9.17, 15) is 18.7 Å². The second-order valence-electron chi connectivity index (χ2n) is 5.46. The van der Waals surface area contributed by atoms with Crippen molar-refractivity contribution in [1.29, 1.82) is 0 Å². The Labute approximate surface area is 126 Å². The third kappa shape index (κ3) is 2.50. The monoisotopic (exact) mass is 307 g/mol. The second-order valence-corrected chi connectivity index (χ2v) is 5.46. The molecule has 0 aliphatic carbocycles. The van der Waals surface area contributed by atoms with Gasteiger partial charge in [0.25, 0.3) is 5.91 Å². The number of benzene rings is 1. The highest BCUT2D eigenvalue weighted by molar-refractivity contribution is 5.93. The molecule has 1 aliphatic rings. The molecule has 2 heterocycles. The summed E-state index contributed by atoms with van der Waals surface area (Å²) in [6, 6.07) is 4.04. The molecular weight excluding hydrogens is 292 g/mol. The number of amides is 1. The van der Waals surface area contributed by atoms with Crippen LogP contribution < -0.4 is 0 Å². The number of halogens is 2. The molecular formula is C16H15F2NO3. The van der Waals surface area contributed by atoms with E-state index in [0.717, 1.165) is 18.2 Å². The lowest BCUT2D eigenvalue weighted by Gasteiger charge is -2.24. The van der Waals surface area contributed by atoms with Crippen molar-refractivity contribution in [3.63, 3.8) is 0 Å². The van der Waals surface area contributed by atoms with E-state index in [1.807, 2.05) is 0 Å². The van der Waals surface area contributed by atoms with E-state index in [2.05, 4.69) is 0 Å². The molecule has 1 aliphatic heterocycles. The summed E-state index contributed by atoms with van der Waals surface area (Å²) in [7, 11) is 0. The van der Waals surface area contributed by atoms with Gasteiger partial charge in [-0.05, 0) is 37.6 Å². The number of aryl methyl sites for hydroxylation is 1. The Hall–Kier alpha value is -2.21. The lowest BCUT2D eigenvalue weighted by Crippen LogP contribution is -2.32. The van der Waals surface area contributed by atoms with Crippen LogP contribution in [0.4, 0.5) is 8.78 Å². The van der Waals surface area contributed by atoms with Crippen LogP contribution in [0, 0.1) is 18.6 Å². The van der Waals surface area contributed by atoms with Crippen LogP contribution in [0.15, 0.2) is 34.9 Å². The molecule has 1 aromatic heterocycles. The maximum Gasteiger partial charge on any atom is 0.290 e. The Balaban J connectivity index is 1.98. The molecule has 2 atom stereocenters. The van der Waals surface area contributed by atoms with Crippen LogP contribution in [0.3, 0.4) is 0 Å². The highest BCUT2D eigenvalue weighted by atomic mass is 19.1. The molecule has 0 radical (unpaired) electrons. The molecule has 0 spiro atoms. The zero-order chi connectivity index (χ0) is 15.9. The minimum atomic E-state index is -0.785. The summed E-state index contributed by atoms with van der Waals surface area (Å²) in [6.45, 7) is 1.78. The van der Waals surface area contributed by atoms with Gasteiger partial charge in [0.2, 0.25) is 0 Å². The first kappa shape index (κ1) is 14.7. The first-order valence-corrected chi connectivity index (χ1v) is 6.95. The maximum absolute atomic E-state index is 14.0. The van der Waals surface area contributed by atoms with Crippen molar-refractivity contribution in [2.24, 2.45) is 0 Å². The van der Waals surface area contributed by atoms with Gasteiger partial charge in [0.15, 0.2) is 5.76 Å². The highest BCUT2D eigenvalue weighted by Gasteiger charge is 2.38. The fourth-order valence-corrected chi connectivity index (χ4v) is 2.83. The molecule has 116 valence electrons. The molecule has 0 saturated carbocycles. The lowest BCUT2D eigenvalue weighted by atomic mass is 10.0. The average Bonchev–Trinajstić information content (AvgIpc) is 3.07. The number of hydrogen-bond donors (Lipinski definition) is 1. The smallest absolute Gasteiger partial charge is 0.290 e. The molecule has 6 heteroatoms. The molecule has 2 aromatic rings. The van der Waals surface area contributed by atoms with E-state index in [-0.39, 0.29) is 24.3 Å². The van der Waals surface area contributed by atoms with Crippen LogP contribution >= 0.6 is 0 Å². The molecule has 3 rings (SSSR count). The number of hydrogen-bond acceptors (Lipinski definition) is 3. The summed E-state index contributed by atoms with van der Waals surface area (Å²) in [5.41, 5.74) is 0.721. The number of carbonyl (C=O) groups excluding carboxylic acids is 1. The number of aliphatic hydroxyl groups excluding tert-OH is 1. The molecule has 1 saturated heterocycles. The van der Waals surface area contributed by atoms with Gasteiger partial charge in [0, 0.05) is 17.7 Å². The highest BCUT2D eigenvalue weighted by Crippen LogP contribution is 2.35. The third-order valence-corrected chi connectivity index (χ3v) is 3.91. The Morgan fingerprint density at radius 3 is 2.82 bits per heavy atom. The normalized spacial score (nSPS) is 21.4. The van der Waals surface area contributed by atoms with Gasteiger partial charge in [-0.1, -0.05) is 0 Å². The quantitative estimate of drug-likeness (QED) is 0.928. The van der Waals surface area contributed by atoms with E-state index < -0.39 is 29.7 Å². The van der Waals surface area contributed by atoms with Crippen molar-refractivity contribution >= 4 is 5.91 Å². The summed E-state index contributed by atoms with van der Waals surface area (Å²) >= 11 is 0. The Kier molecular flexibility index (Phi) is 3.70.